The van der Waals surface area contributed by atoms with Gasteiger partial charge in [0.05, 0.1) is 11.9 Å². The minimum absolute atomic E-state index is 0.0286. The fraction of sp³-hybridized carbons (Fsp3) is 0.444. The van der Waals surface area contributed by atoms with Crippen LogP contribution >= 0.6 is 0 Å². The Morgan fingerprint density at radius 1 is 1.50 bits per heavy atom. The van der Waals surface area contributed by atoms with Crippen LogP contribution < -0.4 is 10.5 Å². The molecule has 0 atom stereocenters. The molecule has 90 valence electrons. The summed E-state index contributed by atoms with van der Waals surface area (Å²) in [6.07, 6.45) is 1.93. The van der Waals surface area contributed by atoms with Gasteiger partial charge in [-0.1, -0.05) is 0 Å². The summed E-state index contributed by atoms with van der Waals surface area (Å²) in [7, 11) is -1.96. The minimum Gasteiger partial charge on any atom is -0.397 e. The van der Waals surface area contributed by atoms with E-state index in [2.05, 4.69) is 9.71 Å². The molecule has 0 amide bonds. The van der Waals surface area contributed by atoms with Crippen LogP contribution in [0.4, 0.5) is 5.69 Å². The highest BCUT2D eigenvalue weighted by Gasteiger charge is 2.14. The fourth-order valence-electron chi connectivity index (χ4n) is 1.05. The summed E-state index contributed by atoms with van der Waals surface area (Å²) in [4.78, 5) is 3.74. The van der Waals surface area contributed by atoms with Gasteiger partial charge in [-0.2, -0.15) is 0 Å². The van der Waals surface area contributed by atoms with Crippen LogP contribution in [-0.2, 0) is 14.8 Å². The van der Waals surface area contributed by atoms with Gasteiger partial charge in [-0.15, -0.1) is 0 Å². The number of methoxy groups -OCH3 is 1. The van der Waals surface area contributed by atoms with E-state index in [1.54, 1.807) is 7.11 Å². The van der Waals surface area contributed by atoms with Crippen molar-refractivity contribution in [1.29, 1.82) is 0 Å². The van der Waals surface area contributed by atoms with Gasteiger partial charge >= 0.3 is 0 Å². The first-order valence-electron chi connectivity index (χ1n) is 4.76. The van der Waals surface area contributed by atoms with Crippen molar-refractivity contribution >= 4 is 15.7 Å². The number of nitrogens with one attached hydrogen (secondary N) is 1. The van der Waals surface area contributed by atoms with Gasteiger partial charge in [0.25, 0.3) is 10.0 Å². The van der Waals surface area contributed by atoms with E-state index in [-0.39, 0.29) is 5.03 Å². The number of anilines is 1. The third-order valence-corrected chi connectivity index (χ3v) is 3.23. The molecule has 0 radical (unpaired) electrons. The van der Waals surface area contributed by atoms with Crippen LogP contribution in [-0.4, -0.2) is 33.7 Å². The molecule has 1 aromatic heterocycles. The molecule has 3 N–H and O–H groups in total. The molecule has 0 aliphatic carbocycles. The predicted octanol–water partition coefficient (Wildman–Crippen LogP) is -0.0214. The van der Waals surface area contributed by atoms with E-state index in [0.29, 0.717) is 25.3 Å². The second kappa shape index (κ2) is 5.78. The minimum atomic E-state index is -3.53. The molecule has 6 nitrogen and oxygen atoms in total. The molecule has 0 fully saturated rings. The average Bonchev–Trinajstić information content (AvgIpc) is 2.25. The molecule has 0 aliphatic heterocycles. The zero-order valence-corrected chi connectivity index (χ0v) is 9.83. The first-order chi connectivity index (χ1) is 7.56. The zero-order chi connectivity index (χ0) is 12.0. The van der Waals surface area contributed by atoms with Crippen LogP contribution in [0.1, 0.15) is 6.42 Å². The Morgan fingerprint density at radius 2 is 2.25 bits per heavy atom. The summed E-state index contributed by atoms with van der Waals surface area (Å²) in [5, 5.41) is -0.0286. The van der Waals surface area contributed by atoms with E-state index in [1.807, 2.05) is 0 Å². The second-order valence-electron chi connectivity index (χ2n) is 3.17. The highest BCUT2D eigenvalue weighted by Crippen LogP contribution is 2.06. The SMILES string of the molecule is COCCCNS(=O)(=O)c1ccc(N)cn1. The molecular formula is C9H15N3O3S. The van der Waals surface area contributed by atoms with Crippen molar-refractivity contribution < 1.29 is 13.2 Å². The smallest absolute Gasteiger partial charge is 0.258 e. The Bertz CT molecular complexity index is 416. The number of nitrogens with zero attached hydrogens (tertiary/aromatic N) is 1. The van der Waals surface area contributed by atoms with Gasteiger partial charge in [0.2, 0.25) is 0 Å². The Morgan fingerprint density at radius 3 is 2.81 bits per heavy atom. The highest BCUT2D eigenvalue weighted by molar-refractivity contribution is 7.89. The molecule has 7 heteroatoms. The molecule has 0 aromatic carbocycles. The van der Waals surface area contributed by atoms with Crippen molar-refractivity contribution in [2.75, 3.05) is 26.0 Å². The van der Waals surface area contributed by atoms with Crippen LogP contribution in [0.5, 0.6) is 0 Å². The topological polar surface area (TPSA) is 94.3 Å². The summed E-state index contributed by atoms with van der Waals surface area (Å²) in [5.74, 6) is 0. The summed E-state index contributed by atoms with van der Waals surface area (Å²) in [6.45, 7) is 0.833. The van der Waals surface area contributed by atoms with Crippen LogP contribution in [0, 0.1) is 0 Å². The average molecular weight is 245 g/mol. The van der Waals surface area contributed by atoms with Gasteiger partial charge in [0.15, 0.2) is 5.03 Å². The van der Waals surface area contributed by atoms with Crippen molar-refractivity contribution in [2.24, 2.45) is 0 Å². The largest absolute Gasteiger partial charge is 0.397 e. The van der Waals surface area contributed by atoms with E-state index >= 15 is 0 Å². The van der Waals surface area contributed by atoms with Crippen LogP contribution in [0.3, 0.4) is 0 Å². The van der Waals surface area contributed by atoms with Crippen molar-refractivity contribution in [3.8, 4) is 0 Å². The number of pyridine rings is 1. The second-order valence-corrected chi connectivity index (χ2v) is 4.89. The number of ether oxygens (including phenoxy) is 1. The van der Waals surface area contributed by atoms with E-state index in [4.69, 9.17) is 10.5 Å². The number of hydrogen-bond acceptors (Lipinski definition) is 5. The number of nitrogen functional groups attached to an aromatic ring is 1. The summed E-state index contributed by atoms with van der Waals surface area (Å²) >= 11 is 0. The lowest BCUT2D eigenvalue weighted by Crippen LogP contribution is -2.26. The molecule has 1 aromatic rings. The molecule has 0 saturated heterocycles. The summed E-state index contributed by atoms with van der Waals surface area (Å²) < 4.78 is 30.5. The quantitative estimate of drug-likeness (QED) is 0.687. The molecule has 1 rings (SSSR count). The maximum absolute atomic E-state index is 11.7. The van der Waals surface area contributed by atoms with Gasteiger partial charge in [0.1, 0.15) is 0 Å². The monoisotopic (exact) mass is 245 g/mol. The molecule has 0 spiro atoms. The van der Waals surface area contributed by atoms with Gasteiger partial charge in [-0.25, -0.2) is 18.1 Å². The number of sulfonamides is 1. The maximum Gasteiger partial charge on any atom is 0.258 e. The molecule has 0 aliphatic rings. The standard InChI is InChI=1S/C9H15N3O3S/c1-15-6-2-5-12-16(13,14)9-4-3-8(10)7-11-9/h3-4,7,12H,2,5-6,10H2,1H3. The highest BCUT2D eigenvalue weighted by atomic mass is 32.2. The van der Waals surface area contributed by atoms with Crippen molar-refractivity contribution in [3.63, 3.8) is 0 Å². The maximum atomic E-state index is 11.7. The molecule has 16 heavy (non-hydrogen) atoms. The van der Waals surface area contributed by atoms with E-state index in [1.165, 1.54) is 18.3 Å². The van der Waals surface area contributed by atoms with Crippen LogP contribution in [0.25, 0.3) is 0 Å². The van der Waals surface area contributed by atoms with Crippen molar-refractivity contribution in [1.82, 2.24) is 9.71 Å². The van der Waals surface area contributed by atoms with E-state index < -0.39 is 10.0 Å². The van der Waals surface area contributed by atoms with Gasteiger partial charge in [-0.05, 0) is 18.6 Å². The van der Waals surface area contributed by atoms with Crippen molar-refractivity contribution in [3.05, 3.63) is 18.3 Å². The molecular weight excluding hydrogens is 230 g/mol. The molecule has 1 heterocycles. The van der Waals surface area contributed by atoms with Crippen LogP contribution in [0.2, 0.25) is 0 Å². The number of nitrogens with two attached hydrogens (primary N) is 1. The number of rotatable bonds is 6. The lowest BCUT2D eigenvalue weighted by Gasteiger charge is -2.05. The zero-order valence-electron chi connectivity index (χ0n) is 9.01. The Balaban J connectivity index is 2.60. The first-order valence-corrected chi connectivity index (χ1v) is 6.25. The number of hydrogen-bond donors (Lipinski definition) is 2. The van der Waals surface area contributed by atoms with E-state index in [9.17, 15) is 8.42 Å². The normalized spacial score (nSPS) is 11.6. The summed E-state index contributed by atoms with van der Waals surface area (Å²) in [6, 6.07) is 2.87. The van der Waals surface area contributed by atoms with Crippen LogP contribution in [0.15, 0.2) is 23.4 Å². The fourth-order valence-corrected chi connectivity index (χ4v) is 2.05. The number of aromatic nitrogens is 1. The molecule has 0 saturated carbocycles. The lowest BCUT2D eigenvalue weighted by atomic mass is 10.4. The third-order valence-electron chi connectivity index (χ3n) is 1.85. The molecule has 0 unspecified atom stereocenters. The van der Waals surface area contributed by atoms with Gasteiger partial charge < -0.3 is 10.5 Å². The first kappa shape index (κ1) is 12.9. The van der Waals surface area contributed by atoms with Crippen molar-refractivity contribution in [2.45, 2.75) is 11.4 Å². The molecule has 0 bridgehead atoms. The Kier molecular flexibility index (Phi) is 4.66. The Hall–Kier alpha value is -1.18. The van der Waals surface area contributed by atoms with E-state index in [0.717, 1.165) is 0 Å². The van der Waals surface area contributed by atoms with Gasteiger partial charge in [-0.3, -0.25) is 0 Å². The lowest BCUT2D eigenvalue weighted by molar-refractivity contribution is 0.196. The third kappa shape index (κ3) is 3.76. The van der Waals surface area contributed by atoms with Gasteiger partial charge in [0, 0.05) is 20.3 Å². The summed E-state index contributed by atoms with van der Waals surface area (Å²) in [5.41, 5.74) is 5.84. The predicted molar refractivity (Wildman–Crippen MR) is 60.3 cm³/mol. The Labute approximate surface area is 94.9 Å².